The molecule has 1 unspecified atom stereocenters. The summed E-state index contributed by atoms with van der Waals surface area (Å²) in [4.78, 5) is 0. The topological polar surface area (TPSA) is 116 Å². The Labute approximate surface area is 118 Å². The summed E-state index contributed by atoms with van der Waals surface area (Å²) in [6.45, 7) is -0.0895. The van der Waals surface area contributed by atoms with E-state index in [1.165, 1.54) is 12.1 Å². The minimum Gasteiger partial charge on any atom is 1.00 e. The van der Waals surface area contributed by atoms with Crippen molar-refractivity contribution in [1.29, 1.82) is 0 Å². The van der Waals surface area contributed by atoms with Crippen LogP contribution in [0.1, 0.15) is 0 Å². The molecule has 0 aromatic heterocycles. The van der Waals surface area contributed by atoms with Crippen LogP contribution in [-0.2, 0) is 3.74 Å². The average Bonchev–Trinajstić information content (AvgIpc) is 2.14. The van der Waals surface area contributed by atoms with Crippen molar-refractivity contribution in [3.8, 4) is 5.75 Å². The predicted octanol–water partition coefficient (Wildman–Crippen LogP) is -5.43. The molecule has 8 heteroatoms. The molecule has 0 fully saturated rings. The number of hydrogen-bond donors (Lipinski definition) is 3. The molecule has 0 saturated carbocycles. The molecule has 84 valence electrons. The molecule has 16 heavy (non-hydrogen) atoms. The van der Waals surface area contributed by atoms with Gasteiger partial charge < -0.3 is 0 Å². The maximum absolute atomic E-state index is 10.8. The second-order valence-electron chi connectivity index (χ2n) is 2.81. The maximum atomic E-state index is 10.8. The molecule has 0 spiro atoms. The molecule has 0 bridgehead atoms. The summed E-state index contributed by atoms with van der Waals surface area (Å²) in [5.74, 6) is 0.275. The van der Waals surface area contributed by atoms with E-state index in [-0.39, 0.29) is 58.6 Å². The van der Waals surface area contributed by atoms with Crippen LogP contribution < -0.4 is 48.5 Å². The van der Waals surface area contributed by atoms with Crippen molar-refractivity contribution < 1.29 is 51.3 Å². The second kappa shape index (κ2) is 6.71. The summed E-state index contributed by atoms with van der Waals surface area (Å²) in [7, 11) is 0. The van der Waals surface area contributed by atoms with Crippen LogP contribution in [0, 0.1) is 0 Å². The molecule has 4 N–H and O–H groups in total. The van der Waals surface area contributed by atoms with E-state index in [1.54, 1.807) is 0 Å². The van der Waals surface area contributed by atoms with E-state index in [4.69, 9.17) is 19.7 Å². The number of nitrogen functional groups attached to an aromatic ring is 1. The van der Waals surface area contributed by atoms with Crippen molar-refractivity contribution in [1.82, 2.24) is 0 Å². The number of aliphatic hydroxyl groups is 1. The van der Waals surface area contributed by atoms with Gasteiger partial charge >= 0.3 is 118 Å². The van der Waals surface area contributed by atoms with Crippen molar-refractivity contribution in [2.75, 3.05) is 18.9 Å². The number of rotatable bonds is 4. The van der Waals surface area contributed by atoms with Gasteiger partial charge in [-0.1, -0.05) is 0 Å². The van der Waals surface area contributed by atoms with E-state index >= 15 is 0 Å². The van der Waals surface area contributed by atoms with Crippen molar-refractivity contribution >= 4 is 24.2 Å². The van der Waals surface area contributed by atoms with Crippen LogP contribution in [0.15, 0.2) is 18.2 Å². The van der Waals surface area contributed by atoms with Gasteiger partial charge in [-0.15, -0.1) is 0 Å². The third kappa shape index (κ3) is 4.51. The van der Waals surface area contributed by atoms with E-state index in [9.17, 15) is 7.84 Å². The Hall–Kier alpha value is 0.0584. The Morgan fingerprint density at radius 1 is 1.50 bits per heavy atom. The van der Waals surface area contributed by atoms with Crippen molar-refractivity contribution in [2.24, 2.45) is 0 Å². The molecule has 1 aromatic carbocycles. The summed E-state index contributed by atoms with van der Waals surface area (Å²) in [6.07, 6.45) is 0. The normalized spacial score (nSPS) is 13.7. The molecule has 1 rings (SSSR count). The van der Waals surface area contributed by atoms with E-state index in [0.29, 0.717) is 0 Å². The van der Waals surface area contributed by atoms with Crippen LogP contribution in [0.3, 0.4) is 0 Å². The zero-order valence-electron chi connectivity index (χ0n) is 8.79. The zero-order chi connectivity index (χ0) is 11.5. The minimum absolute atomic E-state index is 0. The quantitative estimate of drug-likeness (QED) is 0.377. The molecule has 1 aromatic rings. The summed E-state index contributed by atoms with van der Waals surface area (Å²) in [5, 5.41) is 8.50. The van der Waals surface area contributed by atoms with Gasteiger partial charge in [0.2, 0.25) is 0 Å². The monoisotopic (exact) mass is 299 g/mol. The van der Waals surface area contributed by atoms with Crippen molar-refractivity contribution in [3.63, 3.8) is 0 Å². The summed E-state index contributed by atoms with van der Waals surface area (Å²) >= 11 is -5.13. The van der Waals surface area contributed by atoms with Gasteiger partial charge in [0.1, 0.15) is 0 Å². The summed E-state index contributed by atoms with van der Waals surface area (Å²) in [6, 6.07) is 3.66. The predicted molar refractivity (Wildman–Crippen MR) is 51.7 cm³/mol. The fraction of sp³-hybridized carbons (Fsp3) is 0.250. The molecular formula is C8H11AsNNaO5. The maximum Gasteiger partial charge on any atom is 1.00 e. The van der Waals surface area contributed by atoms with Gasteiger partial charge in [-0.2, -0.15) is 0 Å². The number of anilines is 1. The number of benzene rings is 1. The molecule has 0 heterocycles. The first-order chi connectivity index (χ1) is 6.95. The van der Waals surface area contributed by atoms with Crippen LogP contribution in [0.5, 0.6) is 5.75 Å². The fourth-order valence-electron chi connectivity index (χ4n) is 0.999. The van der Waals surface area contributed by atoms with Crippen molar-refractivity contribution in [2.45, 2.75) is 0 Å². The Morgan fingerprint density at radius 2 is 2.12 bits per heavy atom. The SMILES string of the molecule is Nc1cc([As](=O)([O-])O)ccc1OCCO.[Na+]. The molecule has 0 radical (unpaired) electrons. The Morgan fingerprint density at radius 3 is 2.56 bits per heavy atom. The van der Waals surface area contributed by atoms with Gasteiger partial charge in [-0.05, 0) is 0 Å². The largest absolute Gasteiger partial charge is 1.00 e. The second-order valence-corrected chi connectivity index (χ2v) is 6.08. The Balaban J connectivity index is 0.00000225. The molecule has 0 aliphatic rings. The Bertz CT molecular complexity index is 394. The standard InChI is InChI=1S/C8H12AsNO5.Na/c10-7-5-6(9(12,13)14)1-2-8(7)15-4-3-11;/h1-2,5,11H,3-4,10H2,(H2,12,13,14);/q;+1/p-1. The molecular weight excluding hydrogens is 288 g/mol. The first-order valence-corrected chi connectivity index (χ1v) is 7.43. The van der Waals surface area contributed by atoms with Crippen molar-refractivity contribution in [3.05, 3.63) is 18.2 Å². The van der Waals surface area contributed by atoms with E-state index in [0.717, 1.165) is 6.07 Å². The van der Waals surface area contributed by atoms with Crippen LogP contribution >= 0.6 is 0 Å². The van der Waals surface area contributed by atoms with Gasteiger partial charge in [-0.25, -0.2) is 0 Å². The van der Waals surface area contributed by atoms with Gasteiger partial charge in [0, 0.05) is 0 Å². The van der Waals surface area contributed by atoms with Gasteiger partial charge in [-0.3, -0.25) is 0 Å². The van der Waals surface area contributed by atoms with E-state index < -0.39 is 14.2 Å². The molecule has 1 atom stereocenters. The molecule has 0 aliphatic carbocycles. The number of hydrogen-bond acceptors (Lipinski definition) is 5. The van der Waals surface area contributed by atoms with Crippen LogP contribution in [0.25, 0.3) is 0 Å². The first kappa shape index (κ1) is 16.1. The van der Waals surface area contributed by atoms with Crippen LogP contribution in [0.4, 0.5) is 5.69 Å². The summed E-state index contributed by atoms with van der Waals surface area (Å²) < 4.78 is 35.2. The van der Waals surface area contributed by atoms with Crippen LogP contribution in [0.2, 0.25) is 0 Å². The number of nitrogens with two attached hydrogens (primary N) is 1. The van der Waals surface area contributed by atoms with E-state index in [2.05, 4.69) is 0 Å². The molecule has 6 nitrogen and oxygen atoms in total. The smallest absolute Gasteiger partial charge is 1.00 e. The van der Waals surface area contributed by atoms with Gasteiger partial charge in [0.05, 0.1) is 0 Å². The zero-order valence-corrected chi connectivity index (χ0v) is 12.7. The third-order valence-corrected chi connectivity index (χ3v) is 3.62. The van der Waals surface area contributed by atoms with Gasteiger partial charge in [0.15, 0.2) is 0 Å². The number of aliphatic hydroxyl groups excluding tert-OH is 1. The van der Waals surface area contributed by atoms with Crippen LogP contribution in [-0.4, -0.2) is 36.6 Å². The third-order valence-electron chi connectivity index (χ3n) is 1.67. The molecule has 0 aliphatic heterocycles. The minimum atomic E-state index is -5.13. The number of ether oxygens (including phenoxy) is 1. The first-order valence-electron chi connectivity index (χ1n) is 4.12. The fourth-order valence-corrected chi connectivity index (χ4v) is 2.18. The molecule has 0 saturated heterocycles. The Kier molecular flexibility index (Phi) is 6.74. The summed E-state index contributed by atoms with van der Waals surface area (Å²) in [5.41, 5.74) is 5.59. The van der Waals surface area contributed by atoms with Gasteiger partial charge in [0.25, 0.3) is 0 Å². The van der Waals surface area contributed by atoms with E-state index in [1.807, 2.05) is 0 Å². The molecule has 0 amide bonds. The average molecular weight is 299 g/mol.